The summed E-state index contributed by atoms with van der Waals surface area (Å²) in [4.78, 5) is 12.2. The van der Waals surface area contributed by atoms with Gasteiger partial charge in [0.2, 0.25) is 0 Å². The minimum atomic E-state index is -0.240. The van der Waals surface area contributed by atoms with Crippen molar-refractivity contribution in [3.05, 3.63) is 77.0 Å². The highest BCUT2D eigenvalue weighted by Gasteiger charge is 2.13. The molecule has 4 heteroatoms. The van der Waals surface area contributed by atoms with E-state index in [4.69, 9.17) is 4.52 Å². The molecular formula is C19H18N2O2. The van der Waals surface area contributed by atoms with Gasteiger partial charge in [-0.1, -0.05) is 53.2 Å². The fourth-order valence-electron chi connectivity index (χ4n) is 2.39. The zero-order valence-electron chi connectivity index (χ0n) is 13.2. The van der Waals surface area contributed by atoms with Crippen LogP contribution in [0.3, 0.4) is 0 Å². The molecule has 0 radical (unpaired) electrons. The average Bonchev–Trinajstić information content (AvgIpc) is 3.04. The Labute approximate surface area is 135 Å². The van der Waals surface area contributed by atoms with Gasteiger partial charge in [0.05, 0.1) is 0 Å². The highest BCUT2D eigenvalue weighted by Crippen LogP contribution is 2.21. The van der Waals surface area contributed by atoms with Crippen LogP contribution in [0.4, 0.5) is 0 Å². The number of aryl methyl sites for hydroxylation is 2. The van der Waals surface area contributed by atoms with Crippen LogP contribution in [-0.4, -0.2) is 11.1 Å². The fraction of sp³-hybridized carbons (Fsp3) is 0.158. The van der Waals surface area contributed by atoms with E-state index in [1.54, 1.807) is 6.07 Å². The molecular weight excluding hydrogens is 288 g/mol. The fourth-order valence-corrected chi connectivity index (χ4v) is 2.39. The Hall–Kier alpha value is -2.88. The first kappa shape index (κ1) is 15.0. The summed E-state index contributed by atoms with van der Waals surface area (Å²) in [5, 5.41) is 6.74. The predicted octanol–water partition coefficient (Wildman–Crippen LogP) is 3.89. The monoisotopic (exact) mass is 306 g/mol. The molecule has 3 aromatic rings. The van der Waals surface area contributed by atoms with Gasteiger partial charge in [-0.15, -0.1) is 0 Å². The molecule has 0 saturated carbocycles. The maximum absolute atomic E-state index is 12.2. The summed E-state index contributed by atoms with van der Waals surface area (Å²) >= 11 is 0. The van der Waals surface area contributed by atoms with Crippen molar-refractivity contribution >= 4 is 5.91 Å². The Kier molecular flexibility index (Phi) is 4.24. The number of amides is 1. The summed E-state index contributed by atoms with van der Waals surface area (Å²) in [6.45, 7) is 4.50. The number of rotatable bonds is 4. The van der Waals surface area contributed by atoms with Crippen LogP contribution in [0.2, 0.25) is 0 Å². The highest BCUT2D eigenvalue weighted by atomic mass is 16.5. The Balaban J connectivity index is 1.70. The summed E-state index contributed by atoms with van der Waals surface area (Å²) < 4.78 is 5.29. The molecule has 1 amide bonds. The van der Waals surface area contributed by atoms with E-state index in [0.29, 0.717) is 12.3 Å². The number of hydrogen-bond acceptors (Lipinski definition) is 3. The van der Waals surface area contributed by atoms with Gasteiger partial charge in [-0.05, 0) is 31.0 Å². The largest absolute Gasteiger partial charge is 0.355 e. The summed E-state index contributed by atoms with van der Waals surface area (Å²) in [7, 11) is 0. The van der Waals surface area contributed by atoms with E-state index in [9.17, 15) is 4.79 Å². The number of benzene rings is 2. The van der Waals surface area contributed by atoms with Crippen LogP contribution in [0.5, 0.6) is 0 Å². The quantitative estimate of drug-likeness (QED) is 0.795. The molecule has 0 unspecified atom stereocenters. The molecule has 0 aliphatic heterocycles. The number of carbonyl (C=O) groups is 1. The first-order valence-electron chi connectivity index (χ1n) is 7.50. The molecule has 1 heterocycles. The molecule has 1 aromatic heterocycles. The van der Waals surface area contributed by atoms with Crippen LogP contribution in [0.15, 0.2) is 59.1 Å². The zero-order valence-corrected chi connectivity index (χ0v) is 13.2. The Morgan fingerprint density at radius 3 is 2.70 bits per heavy atom. The Morgan fingerprint density at radius 2 is 1.91 bits per heavy atom. The summed E-state index contributed by atoms with van der Waals surface area (Å²) in [5.41, 5.74) is 4.56. The second kappa shape index (κ2) is 6.48. The molecule has 0 aliphatic rings. The van der Waals surface area contributed by atoms with Crippen LogP contribution in [-0.2, 0) is 6.54 Å². The van der Waals surface area contributed by atoms with Crippen molar-refractivity contribution in [2.24, 2.45) is 0 Å². The van der Waals surface area contributed by atoms with E-state index in [0.717, 1.165) is 22.3 Å². The van der Waals surface area contributed by atoms with Crippen molar-refractivity contribution in [2.75, 3.05) is 0 Å². The van der Waals surface area contributed by atoms with Gasteiger partial charge < -0.3 is 9.84 Å². The van der Waals surface area contributed by atoms with E-state index >= 15 is 0 Å². The molecule has 4 nitrogen and oxygen atoms in total. The van der Waals surface area contributed by atoms with Crippen LogP contribution >= 0.6 is 0 Å². The SMILES string of the molecule is Cc1cccc(-c2cc(C(=O)NCc3ccccc3C)no2)c1. The lowest BCUT2D eigenvalue weighted by molar-refractivity contribution is 0.0942. The first-order chi connectivity index (χ1) is 11.1. The highest BCUT2D eigenvalue weighted by molar-refractivity contribution is 5.93. The standard InChI is InChI=1S/C19H18N2O2/c1-13-6-5-9-15(10-13)18-11-17(21-23-18)19(22)20-12-16-8-4-3-7-14(16)2/h3-11H,12H2,1-2H3,(H,20,22). The van der Waals surface area contributed by atoms with Gasteiger partial charge in [0, 0.05) is 18.2 Å². The predicted molar refractivity (Wildman–Crippen MR) is 89.0 cm³/mol. The van der Waals surface area contributed by atoms with Crippen LogP contribution in [0.25, 0.3) is 11.3 Å². The van der Waals surface area contributed by atoms with Gasteiger partial charge >= 0.3 is 0 Å². The lowest BCUT2D eigenvalue weighted by atomic mass is 10.1. The third kappa shape index (κ3) is 3.48. The minimum absolute atomic E-state index is 0.240. The number of nitrogens with zero attached hydrogens (tertiary/aromatic N) is 1. The second-order valence-electron chi connectivity index (χ2n) is 5.56. The molecule has 0 bridgehead atoms. The van der Waals surface area contributed by atoms with E-state index in [2.05, 4.69) is 10.5 Å². The molecule has 1 N–H and O–H groups in total. The van der Waals surface area contributed by atoms with Gasteiger partial charge in [-0.2, -0.15) is 0 Å². The second-order valence-corrected chi connectivity index (χ2v) is 5.56. The maximum atomic E-state index is 12.2. The maximum Gasteiger partial charge on any atom is 0.273 e. The molecule has 0 spiro atoms. The van der Waals surface area contributed by atoms with Crippen molar-refractivity contribution in [2.45, 2.75) is 20.4 Å². The molecule has 0 saturated heterocycles. The third-order valence-corrected chi connectivity index (χ3v) is 3.75. The summed E-state index contributed by atoms with van der Waals surface area (Å²) in [6, 6.07) is 17.5. The van der Waals surface area contributed by atoms with E-state index < -0.39 is 0 Å². The Bertz CT molecular complexity index is 837. The topological polar surface area (TPSA) is 55.1 Å². The Morgan fingerprint density at radius 1 is 1.09 bits per heavy atom. The molecule has 0 fully saturated rings. The lowest BCUT2D eigenvalue weighted by Gasteiger charge is -2.05. The van der Waals surface area contributed by atoms with Crippen molar-refractivity contribution in [3.8, 4) is 11.3 Å². The van der Waals surface area contributed by atoms with Crippen LogP contribution < -0.4 is 5.32 Å². The van der Waals surface area contributed by atoms with Crippen LogP contribution in [0.1, 0.15) is 27.2 Å². The van der Waals surface area contributed by atoms with Crippen molar-refractivity contribution in [1.29, 1.82) is 0 Å². The van der Waals surface area contributed by atoms with E-state index in [-0.39, 0.29) is 11.6 Å². The number of nitrogens with one attached hydrogen (secondary N) is 1. The molecule has 3 rings (SSSR count). The molecule has 0 aliphatic carbocycles. The van der Waals surface area contributed by atoms with Crippen molar-refractivity contribution in [1.82, 2.24) is 10.5 Å². The van der Waals surface area contributed by atoms with Crippen molar-refractivity contribution < 1.29 is 9.32 Å². The third-order valence-electron chi connectivity index (χ3n) is 3.75. The molecule has 0 atom stereocenters. The summed E-state index contributed by atoms with van der Waals surface area (Å²) in [6.07, 6.45) is 0. The average molecular weight is 306 g/mol. The van der Waals surface area contributed by atoms with Gasteiger partial charge in [0.1, 0.15) is 0 Å². The lowest BCUT2D eigenvalue weighted by Crippen LogP contribution is -2.23. The zero-order chi connectivity index (χ0) is 16.2. The van der Waals surface area contributed by atoms with Gasteiger partial charge in [-0.3, -0.25) is 4.79 Å². The van der Waals surface area contributed by atoms with E-state index in [1.807, 2.05) is 62.4 Å². The van der Waals surface area contributed by atoms with E-state index in [1.165, 1.54) is 0 Å². The first-order valence-corrected chi connectivity index (χ1v) is 7.50. The normalized spacial score (nSPS) is 10.5. The van der Waals surface area contributed by atoms with Gasteiger partial charge in [0.25, 0.3) is 5.91 Å². The molecule has 2 aromatic carbocycles. The minimum Gasteiger partial charge on any atom is -0.355 e. The molecule has 23 heavy (non-hydrogen) atoms. The smallest absolute Gasteiger partial charge is 0.273 e. The van der Waals surface area contributed by atoms with Crippen molar-refractivity contribution in [3.63, 3.8) is 0 Å². The van der Waals surface area contributed by atoms with Gasteiger partial charge in [-0.25, -0.2) is 0 Å². The number of aromatic nitrogens is 1. The number of hydrogen-bond donors (Lipinski definition) is 1. The number of carbonyl (C=O) groups excluding carboxylic acids is 1. The summed E-state index contributed by atoms with van der Waals surface area (Å²) in [5.74, 6) is 0.352. The van der Waals surface area contributed by atoms with Crippen LogP contribution in [0, 0.1) is 13.8 Å². The van der Waals surface area contributed by atoms with Gasteiger partial charge in [0.15, 0.2) is 11.5 Å². The molecule has 116 valence electrons.